The number of aromatic nitrogens is 2. The highest BCUT2D eigenvalue weighted by molar-refractivity contribution is 7.90. The summed E-state index contributed by atoms with van der Waals surface area (Å²) in [7, 11) is -3.60. The molecule has 0 radical (unpaired) electrons. The van der Waals surface area contributed by atoms with Gasteiger partial charge in [-0.2, -0.15) is 0 Å². The molecule has 4 nitrogen and oxygen atoms in total. The molecule has 0 aliphatic heterocycles. The molecule has 0 saturated carbocycles. The lowest BCUT2D eigenvalue weighted by Crippen LogP contribution is -2.12. The van der Waals surface area contributed by atoms with Gasteiger partial charge in [0, 0.05) is 17.8 Å². The first-order valence-electron chi connectivity index (χ1n) is 6.80. The maximum Gasteiger partial charge on any atom is 0.269 e. The van der Waals surface area contributed by atoms with Crippen LogP contribution in [0.4, 0.5) is 0 Å². The molecule has 2 aromatic heterocycles. The highest BCUT2D eigenvalue weighted by atomic mass is 32.2. The SMILES string of the molecule is CCc1cnc2c(ccn2S(=O)(=O)c2ccc(C)cc2)c1. The first-order valence-corrected chi connectivity index (χ1v) is 8.24. The lowest BCUT2D eigenvalue weighted by molar-refractivity contribution is 0.588. The van der Waals surface area contributed by atoms with Crippen molar-refractivity contribution in [1.29, 1.82) is 0 Å². The Hall–Kier alpha value is -2.14. The quantitative estimate of drug-likeness (QED) is 0.746. The molecule has 2 heterocycles. The van der Waals surface area contributed by atoms with Gasteiger partial charge < -0.3 is 0 Å². The number of aryl methyl sites for hydroxylation is 2. The molecule has 0 N–H and O–H groups in total. The Morgan fingerprint density at radius 2 is 1.86 bits per heavy atom. The number of hydrogen-bond acceptors (Lipinski definition) is 3. The third kappa shape index (κ3) is 2.34. The molecule has 0 spiro atoms. The second-order valence-corrected chi connectivity index (χ2v) is 6.85. The van der Waals surface area contributed by atoms with Crippen LogP contribution >= 0.6 is 0 Å². The molecule has 5 heteroatoms. The lowest BCUT2D eigenvalue weighted by atomic mass is 10.2. The smallest absolute Gasteiger partial charge is 0.237 e. The van der Waals surface area contributed by atoms with Crippen LogP contribution in [0.5, 0.6) is 0 Å². The predicted molar refractivity (Wildman–Crippen MR) is 82.9 cm³/mol. The van der Waals surface area contributed by atoms with E-state index >= 15 is 0 Å². The summed E-state index contributed by atoms with van der Waals surface area (Å²) in [5, 5.41) is 0.838. The summed E-state index contributed by atoms with van der Waals surface area (Å²) in [4.78, 5) is 4.58. The van der Waals surface area contributed by atoms with Crippen LogP contribution in [0.3, 0.4) is 0 Å². The van der Waals surface area contributed by atoms with Crippen molar-refractivity contribution in [3.05, 3.63) is 59.9 Å². The number of hydrogen-bond donors (Lipinski definition) is 0. The zero-order chi connectivity index (χ0) is 15.0. The zero-order valence-corrected chi connectivity index (χ0v) is 12.8. The summed E-state index contributed by atoms with van der Waals surface area (Å²) in [6, 6.07) is 10.6. The van der Waals surface area contributed by atoms with Crippen molar-refractivity contribution in [2.45, 2.75) is 25.2 Å². The summed E-state index contributed by atoms with van der Waals surface area (Å²) in [6.45, 7) is 3.97. The van der Waals surface area contributed by atoms with E-state index in [1.165, 1.54) is 3.97 Å². The summed E-state index contributed by atoms with van der Waals surface area (Å²) >= 11 is 0. The van der Waals surface area contributed by atoms with Crippen LogP contribution in [0.25, 0.3) is 11.0 Å². The second kappa shape index (κ2) is 5.00. The Labute approximate surface area is 124 Å². The van der Waals surface area contributed by atoms with E-state index < -0.39 is 10.0 Å². The van der Waals surface area contributed by atoms with Crippen LogP contribution in [-0.4, -0.2) is 17.4 Å². The lowest BCUT2D eigenvalue weighted by Gasteiger charge is -2.07. The van der Waals surface area contributed by atoms with Gasteiger partial charge in [0.05, 0.1) is 4.90 Å². The van der Waals surface area contributed by atoms with Gasteiger partial charge in [-0.05, 0) is 43.2 Å². The second-order valence-electron chi connectivity index (χ2n) is 5.04. The Morgan fingerprint density at radius 3 is 2.52 bits per heavy atom. The zero-order valence-electron chi connectivity index (χ0n) is 11.9. The Morgan fingerprint density at radius 1 is 1.14 bits per heavy atom. The highest BCUT2D eigenvalue weighted by Gasteiger charge is 2.19. The molecule has 108 valence electrons. The van der Waals surface area contributed by atoms with E-state index in [0.29, 0.717) is 5.65 Å². The van der Waals surface area contributed by atoms with Crippen molar-refractivity contribution in [3.63, 3.8) is 0 Å². The summed E-state index contributed by atoms with van der Waals surface area (Å²) in [5.41, 5.74) is 2.58. The van der Waals surface area contributed by atoms with E-state index in [-0.39, 0.29) is 4.90 Å². The minimum absolute atomic E-state index is 0.270. The number of nitrogens with zero attached hydrogens (tertiary/aromatic N) is 2. The van der Waals surface area contributed by atoms with Crippen molar-refractivity contribution < 1.29 is 8.42 Å². The van der Waals surface area contributed by atoms with Gasteiger partial charge in [-0.25, -0.2) is 17.4 Å². The molecule has 0 aliphatic carbocycles. The number of benzene rings is 1. The molecular formula is C16H16N2O2S. The average Bonchev–Trinajstić information content (AvgIpc) is 2.91. The van der Waals surface area contributed by atoms with Gasteiger partial charge in [-0.1, -0.05) is 24.6 Å². The van der Waals surface area contributed by atoms with Crippen LogP contribution in [0, 0.1) is 6.92 Å². The number of rotatable bonds is 3. The molecule has 0 unspecified atom stereocenters. The van der Waals surface area contributed by atoms with Crippen LogP contribution in [0.2, 0.25) is 0 Å². The van der Waals surface area contributed by atoms with E-state index in [9.17, 15) is 8.42 Å². The average molecular weight is 300 g/mol. The van der Waals surface area contributed by atoms with E-state index in [1.807, 2.05) is 19.9 Å². The van der Waals surface area contributed by atoms with Gasteiger partial charge in [-0.3, -0.25) is 0 Å². The van der Waals surface area contributed by atoms with Gasteiger partial charge in [0.25, 0.3) is 10.0 Å². The molecule has 0 atom stereocenters. The number of fused-ring (bicyclic) bond motifs is 1. The van der Waals surface area contributed by atoms with E-state index in [1.54, 1.807) is 42.7 Å². The van der Waals surface area contributed by atoms with Crippen LogP contribution in [-0.2, 0) is 16.4 Å². The largest absolute Gasteiger partial charge is 0.269 e. The molecule has 21 heavy (non-hydrogen) atoms. The first-order chi connectivity index (χ1) is 10.0. The third-order valence-electron chi connectivity index (χ3n) is 3.54. The van der Waals surface area contributed by atoms with Gasteiger partial charge in [0.2, 0.25) is 0 Å². The minimum atomic E-state index is -3.60. The van der Waals surface area contributed by atoms with Crippen LogP contribution in [0.1, 0.15) is 18.1 Å². The molecule has 3 aromatic rings. The highest BCUT2D eigenvalue weighted by Crippen LogP contribution is 2.21. The fourth-order valence-corrected chi connectivity index (χ4v) is 3.57. The van der Waals surface area contributed by atoms with Crippen molar-refractivity contribution in [2.75, 3.05) is 0 Å². The maximum absolute atomic E-state index is 12.7. The molecular weight excluding hydrogens is 284 g/mol. The normalized spacial score (nSPS) is 11.9. The fraction of sp³-hybridized carbons (Fsp3) is 0.188. The summed E-state index contributed by atoms with van der Waals surface area (Å²) in [5.74, 6) is 0. The summed E-state index contributed by atoms with van der Waals surface area (Å²) in [6.07, 6.45) is 4.16. The molecule has 0 saturated heterocycles. The van der Waals surface area contributed by atoms with Gasteiger partial charge in [0.1, 0.15) is 0 Å². The van der Waals surface area contributed by atoms with Gasteiger partial charge in [0.15, 0.2) is 5.65 Å². The van der Waals surface area contributed by atoms with Crippen molar-refractivity contribution in [2.24, 2.45) is 0 Å². The Kier molecular flexibility index (Phi) is 3.29. The van der Waals surface area contributed by atoms with Crippen LogP contribution in [0.15, 0.2) is 53.7 Å². The molecule has 0 bridgehead atoms. The monoisotopic (exact) mass is 300 g/mol. The van der Waals surface area contributed by atoms with Crippen molar-refractivity contribution >= 4 is 21.1 Å². The fourth-order valence-electron chi connectivity index (χ4n) is 2.26. The first kappa shape index (κ1) is 13.8. The molecule has 0 amide bonds. The summed E-state index contributed by atoms with van der Waals surface area (Å²) < 4.78 is 26.6. The maximum atomic E-state index is 12.7. The molecule has 0 fully saturated rings. The third-order valence-corrected chi connectivity index (χ3v) is 5.22. The Bertz CT molecular complexity index is 894. The minimum Gasteiger partial charge on any atom is -0.237 e. The molecule has 1 aromatic carbocycles. The topological polar surface area (TPSA) is 52.0 Å². The Balaban J connectivity index is 2.17. The van der Waals surface area contributed by atoms with Gasteiger partial charge >= 0.3 is 0 Å². The van der Waals surface area contributed by atoms with Gasteiger partial charge in [-0.15, -0.1) is 0 Å². The predicted octanol–water partition coefficient (Wildman–Crippen LogP) is 3.14. The van der Waals surface area contributed by atoms with E-state index in [4.69, 9.17) is 0 Å². The molecule has 0 aliphatic rings. The van der Waals surface area contributed by atoms with Crippen molar-refractivity contribution in [1.82, 2.24) is 8.96 Å². The molecule has 3 rings (SSSR count). The standard InChI is InChI=1S/C16H16N2O2S/c1-3-13-10-14-8-9-18(16(14)17-11-13)21(19,20)15-6-4-12(2)5-7-15/h4-11H,3H2,1-2H3. The number of pyridine rings is 1. The van der Waals surface area contributed by atoms with Crippen LogP contribution < -0.4 is 0 Å². The van der Waals surface area contributed by atoms with E-state index in [0.717, 1.165) is 22.9 Å². The van der Waals surface area contributed by atoms with E-state index in [2.05, 4.69) is 4.98 Å². The van der Waals surface area contributed by atoms with Crippen molar-refractivity contribution in [3.8, 4) is 0 Å².